The Morgan fingerprint density at radius 1 is 1.47 bits per heavy atom. The predicted octanol–water partition coefficient (Wildman–Crippen LogP) is 2.07. The van der Waals surface area contributed by atoms with Gasteiger partial charge in [-0.25, -0.2) is 4.98 Å². The molecule has 0 spiro atoms. The molecule has 30 heavy (non-hydrogen) atoms. The summed E-state index contributed by atoms with van der Waals surface area (Å²) in [7, 11) is 1.72. The van der Waals surface area contributed by atoms with E-state index in [1.807, 2.05) is 11.2 Å². The van der Waals surface area contributed by atoms with Crippen molar-refractivity contribution in [2.24, 2.45) is 0 Å². The van der Waals surface area contributed by atoms with Crippen LogP contribution in [0.3, 0.4) is 0 Å². The first kappa shape index (κ1) is 21.2. The first-order valence-corrected chi connectivity index (χ1v) is 11.1. The van der Waals surface area contributed by atoms with Crippen molar-refractivity contribution in [2.45, 2.75) is 64.3 Å². The monoisotopic (exact) mass is 415 g/mol. The van der Waals surface area contributed by atoms with Gasteiger partial charge in [-0.1, -0.05) is 6.92 Å². The molecule has 8 heteroatoms. The van der Waals surface area contributed by atoms with Gasteiger partial charge in [-0.15, -0.1) is 0 Å². The van der Waals surface area contributed by atoms with Crippen LogP contribution < -0.4 is 5.32 Å². The van der Waals surface area contributed by atoms with Crippen LogP contribution in [0.5, 0.6) is 0 Å². The van der Waals surface area contributed by atoms with E-state index in [2.05, 4.69) is 34.8 Å². The number of hydrogen-bond donors (Lipinski definition) is 1. The van der Waals surface area contributed by atoms with Crippen LogP contribution >= 0.6 is 0 Å². The van der Waals surface area contributed by atoms with E-state index in [0.29, 0.717) is 19.8 Å². The Morgan fingerprint density at radius 3 is 2.97 bits per heavy atom. The van der Waals surface area contributed by atoms with Crippen molar-refractivity contribution < 1.29 is 14.3 Å². The summed E-state index contributed by atoms with van der Waals surface area (Å²) in [6.07, 6.45) is 5.31. The average molecular weight is 416 g/mol. The molecule has 1 amide bonds. The number of carbonyl (C=O) groups is 1. The van der Waals surface area contributed by atoms with E-state index in [-0.39, 0.29) is 18.0 Å². The van der Waals surface area contributed by atoms with E-state index in [1.54, 1.807) is 7.11 Å². The molecule has 1 saturated heterocycles. The van der Waals surface area contributed by atoms with E-state index in [4.69, 9.17) is 14.5 Å². The molecule has 0 radical (unpaired) electrons. The van der Waals surface area contributed by atoms with Crippen LogP contribution in [-0.2, 0) is 27.2 Å². The van der Waals surface area contributed by atoms with Crippen LogP contribution in [-0.4, -0.2) is 70.9 Å². The van der Waals surface area contributed by atoms with Gasteiger partial charge in [0.15, 0.2) is 0 Å². The van der Waals surface area contributed by atoms with Crippen molar-refractivity contribution in [3.05, 3.63) is 23.8 Å². The largest absolute Gasteiger partial charge is 0.385 e. The molecule has 3 heterocycles. The molecule has 2 aromatic rings. The van der Waals surface area contributed by atoms with Crippen LogP contribution in [0.1, 0.15) is 50.5 Å². The zero-order valence-electron chi connectivity index (χ0n) is 18.3. The molecule has 2 fully saturated rings. The number of imidazole rings is 1. The van der Waals surface area contributed by atoms with Crippen molar-refractivity contribution >= 4 is 16.9 Å². The van der Waals surface area contributed by atoms with Gasteiger partial charge in [-0.05, 0) is 38.7 Å². The summed E-state index contributed by atoms with van der Waals surface area (Å²) in [6, 6.07) is 2.29. The minimum atomic E-state index is -0.407. The van der Waals surface area contributed by atoms with Gasteiger partial charge in [-0.3, -0.25) is 9.78 Å². The number of aryl methyl sites for hydroxylation is 2. The smallest absolute Gasteiger partial charge is 0.253 e. The number of amides is 1. The van der Waals surface area contributed by atoms with Crippen molar-refractivity contribution in [1.82, 2.24) is 24.8 Å². The van der Waals surface area contributed by atoms with Gasteiger partial charge in [0.25, 0.3) is 5.91 Å². The van der Waals surface area contributed by atoms with Crippen LogP contribution in [0.15, 0.2) is 12.4 Å². The Balaban J connectivity index is 1.64. The lowest BCUT2D eigenvalue weighted by molar-refractivity contribution is -0.148. The summed E-state index contributed by atoms with van der Waals surface area (Å²) in [5.74, 6) is 0.0748. The molecule has 2 atom stereocenters. The highest BCUT2D eigenvalue weighted by Gasteiger charge is 2.40. The number of rotatable bonds is 9. The lowest BCUT2D eigenvalue weighted by Crippen LogP contribution is -2.50. The number of nitrogens with one attached hydrogen (secondary N) is 1. The zero-order valence-corrected chi connectivity index (χ0v) is 18.3. The number of methoxy groups -OCH3 is 1. The Bertz CT molecular complexity index is 873. The number of carbonyl (C=O) groups excluding carboxylic acids is 1. The number of fused-ring (bicyclic) bond motifs is 1. The summed E-state index contributed by atoms with van der Waals surface area (Å²) in [4.78, 5) is 24.9. The molecule has 4 rings (SSSR count). The Labute approximate surface area is 177 Å². The minimum absolute atomic E-state index is 0.0748. The minimum Gasteiger partial charge on any atom is -0.385 e. The van der Waals surface area contributed by atoms with Gasteiger partial charge in [-0.2, -0.15) is 0 Å². The molecular weight excluding hydrogens is 382 g/mol. The van der Waals surface area contributed by atoms with Crippen LogP contribution in [0.2, 0.25) is 0 Å². The number of ether oxygens (including phenoxy) is 2. The van der Waals surface area contributed by atoms with Crippen LogP contribution in [0.25, 0.3) is 11.0 Å². The van der Waals surface area contributed by atoms with Crippen LogP contribution in [0.4, 0.5) is 0 Å². The topological polar surface area (TPSA) is 81.5 Å². The predicted molar refractivity (Wildman–Crippen MR) is 114 cm³/mol. The quantitative estimate of drug-likeness (QED) is 0.632. The first-order chi connectivity index (χ1) is 14.6. The Kier molecular flexibility index (Phi) is 6.65. The maximum Gasteiger partial charge on any atom is 0.253 e. The lowest BCUT2D eigenvalue weighted by Gasteiger charge is -2.34. The molecular formula is C22H33N5O3. The molecule has 1 aliphatic carbocycles. The van der Waals surface area contributed by atoms with Gasteiger partial charge in [0.2, 0.25) is 0 Å². The van der Waals surface area contributed by atoms with Crippen molar-refractivity contribution in [3.63, 3.8) is 0 Å². The Morgan fingerprint density at radius 2 is 2.30 bits per heavy atom. The van der Waals surface area contributed by atoms with Gasteiger partial charge in [0.05, 0.1) is 35.9 Å². The normalized spacial score (nSPS) is 20.4. The standard InChI is InChI=1S/C22H33N5O3/c1-4-17-21-19(26(14-24-21)9-5-10-29-3)12-18(25-17)15(2)27(16-6-7-16)22(28)20-13-23-8-11-30-20/h12,14-16,20,23H,4-11,13H2,1-3H3/t15-,20-/m1/s1. The molecule has 0 unspecified atom stereocenters. The Hall–Kier alpha value is -2.03. The highest BCUT2D eigenvalue weighted by Crippen LogP contribution is 2.35. The first-order valence-electron chi connectivity index (χ1n) is 11.1. The molecule has 2 aromatic heterocycles. The number of morpholine rings is 1. The SMILES string of the molecule is CCc1nc([C@@H](C)N(C(=O)[C@H]2CNCCO2)C2CC2)cc2c1ncn2CCCOC. The van der Waals surface area contributed by atoms with Gasteiger partial charge in [0, 0.05) is 39.4 Å². The third-order valence-electron chi connectivity index (χ3n) is 6.03. The molecule has 0 bridgehead atoms. The van der Waals surface area contributed by atoms with Crippen molar-refractivity contribution in [3.8, 4) is 0 Å². The fourth-order valence-corrected chi connectivity index (χ4v) is 4.24. The average Bonchev–Trinajstić information content (AvgIpc) is 3.53. The van der Waals surface area contributed by atoms with E-state index < -0.39 is 6.10 Å². The molecule has 2 aliphatic rings. The maximum absolute atomic E-state index is 13.3. The molecule has 8 nitrogen and oxygen atoms in total. The van der Waals surface area contributed by atoms with Gasteiger partial charge >= 0.3 is 0 Å². The number of hydrogen-bond acceptors (Lipinski definition) is 6. The van der Waals surface area contributed by atoms with E-state index in [9.17, 15) is 4.79 Å². The van der Waals surface area contributed by atoms with Crippen molar-refractivity contribution in [2.75, 3.05) is 33.4 Å². The van der Waals surface area contributed by atoms with E-state index in [0.717, 1.165) is 61.2 Å². The summed E-state index contributed by atoms with van der Waals surface area (Å²) >= 11 is 0. The second-order valence-corrected chi connectivity index (χ2v) is 8.22. The zero-order chi connectivity index (χ0) is 21.1. The summed E-state index contributed by atoms with van der Waals surface area (Å²) in [6.45, 7) is 7.71. The lowest BCUT2D eigenvalue weighted by atomic mass is 10.1. The summed E-state index contributed by atoms with van der Waals surface area (Å²) < 4.78 is 13.1. The molecule has 1 N–H and O–H groups in total. The number of nitrogens with zero attached hydrogens (tertiary/aromatic N) is 4. The van der Waals surface area contributed by atoms with Gasteiger partial charge in [0.1, 0.15) is 11.6 Å². The summed E-state index contributed by atoms with van der Waals surface area (Å²) in [5.41, 5.74) is 3.95. The molecule has 1 aliphatic heterocycles. The van der Waals surface area contributed by atoms with Crippen LogP contribution in [0, 0.1) is 0 Å². The van der Waals surface area contributed by atoms with Crippen molar-refractivity contribution in [1.29, 1.82) is 0 Å². The fourth-order valence-electron chi connectivity index (χ4n) is 4.24. The number of pyridine rings is 1. The second-order valence-electron chi connectivity index (χ2n) is 8.22. The second kappa shape index (κ2) is 9.41. The van der Waals surface area contributed by atoms with Gasteiger partial charge < -0.3 is 24.3 Å². The van der Waals surface area contributed by atoms with E-state index in [1.165, 1.54) is 0 Å². The number of aromatic nitrogens is 3. The molecule has 0 aromatic carbocycles. The van der Waals surface area contributed by atoms with E-state index >= 15 is 0 Å². The highest BCUT2D eigenvalue weighted by molar-refractivity contribution is 5.83. The fraction of sp³-hybridized carbons (Fsp3) is 0.682. The molecule has 1 saturated carbocycles. The third kappa shape index (κ3) is 4.36. The third-order valence-corrected chi connectivity index (χ3v) is 6.03. The maximum atomic E-state index is 13.3. The highest BCUT2D eigenvalue weighted by atomic mass is 16.5. The summed E-state index contributed by atoms with van der Waals surface area (Å²) in [5, 5.41) is 3.27. The molecule has 164 valence electrons.